The minimum Gasteiger partial charge on any atom is -0.482 e. The number of halogens is 2. The quantitative estimate of drug-likeness (QED) is 0.775. The second-order valence-electron chi connectivity index (χ2n) is 6.13. The first kappa shape index (κ1) is 18.7. The van der Waals surface area contributed by atoms with E-state index in [1.54, 1.807) is 29.2 Å². The van der Waals surface area contributed by atoms with E-state index in [-0.39, 0.29) is 18.6 Å². The third kappa shape index (κ3) is 4.77. The average Bonchev–Trinajstić information content (AvgIpc) is 3.01. The molecular weight excluding hydrogens is 377 g/mol. The summed E-state index contributed by atoms with van der Waals surface area (Å²) in [7, 11) is 0. The van der Waals surface area contributed by atoms with Crippen LogP contribution in [0.15, 0.2) is 24.3 Å². The number of hydrogen-bond donors (Lipinski definition) is 0. The lowest BCUT2D eigenvalue weighted by atomic mass is 10.3. The number of aromatic nitrogens is 2. The van der Waals surface area contributed by atoms with Crippen molar-refractivity contribution in [2.45, 2.75) is 26.4 Å². The zero-order valence-corrected chi connectivity index (χ0v) is 16.0. The summed E-state index contributed by atoms with van der Waals surface area (Å²) < 4.78 is 11.4. The Labute approximate surface area is 162 Å². The molecule has 1 aromatic carbocycles. The number of carbonyl (C=O) groups excluding carboxylic acids is 1. The van der Waals surface area contributed by atoms with Gasteiger partial charge in [-0.05, 0) is 32.0 Å². The topological polar surface area (TPSA) is 64.5 Å². The van der Waals surface area contributed by atoms with Gasteiger partial charge in [0, 0.05) is 29.7 Å². The predicted molar refractivity (Wildman–Crippen MR) is 99.1 cm³/mol. The molecule has 1 saturated heterocycles. The maximum atomic E-state index is 12.4. The summed E-state index contributed by atoms with van der Waals surface area (Å²) in [6.07, 6.45) is 0.655. The van der Waals surface area contributed by atoms with E-state index < -0.39 is 0 Å². The van der Waals surface area contributed by atoms with Crippen LogP contribution in [0.3, 0.4) is 0 Å². The lowest BCUT2D eigenvalue weighted by molar-refractivity contribution is -0.132. The van der Waals surface area contributed by atoms with Gasteiger partial charge in [-0.15, -0.1) is 0 Å². The Kier molecular flexibility index (Phi) is 5.84. The van der Waals surface area contributed by atoms with Crippen molar-refractivity contribution in [3.05, 3.63) is 45.8 Å². The summed E-state index contributed by atoms with van der Waals surface area (Å²) in [5.41, 5.74) is 0.853. The number of hydrogen-bond acceptors (Lipinski definition) is 5. The van der Waals surface area contributed by atoms with Crippen molar-refractivity contribution >= 4 is 29.1 Å². The summed E-state index contributed by atoms with van der Waals surface area (Å²) in [6, 6.07) is 6.68. The van der Waals surface area contributed by atoms with E-state index in [4.69, 9.17) is 32.7 Å². The number of amides is 1. The van der Waals surface area contributed by atoms with E-state index in [1.807, 2.05) is 13.8 Å². The molecule has 0 bridgehead atoms. The number of nitrogens with zero attached hydrogens (tertiary/aromatic N) is 3. The van der Waals surface area contributed by atoms with Crippen LogP contribution in [0.1, 0.15) is 17.9 Å². The van der Waals surface area contributed by atoms with Gasteiger partial charge in [-0.1, -0.05) is 23.2 Å². The van der Waals surface area contributed by atoms with Crippen molar-refractivity contribution in [1.29, 1.82) is 0 Å². The molecule has 1 amide bonds. The first-order chi connectivity index (χ1) is 12.4. The van der Waals surface area contributed by atoms with Gasteiger partial charge in [0.05, 0.1) is 11.6 Å². The number of carbonyl (C=O) groups is 1. The van der Waals surface area contributed by atoms with Crippen LogP contribution in [0.4, 0.5) is 0 Å². The fourth-order valence-electron chi connectivity index (χ4n) is 2.79. The molecule has 1 aromatic heterocycles. The largest absolute Gasteiger partial charge is 0.482 e. The number of rotatable bonds is 5. The molecule has 2 aromatic rings. The first-order valence-corrected chi connectivity index (χ1v) is 9.01. The van der Waals surface area contributed by atoms with E-state index in [9.17, 15) is 4.79 Å². The van der Waals surface area contributed by atoms with Crippen molar-refractivity contribution in [3.63, 3.8) is 0 Å². The highest BCUT2D eigenvalue weighted by Gasteiger charge is 2.28. The van der Waals surface area contributed by atoms with Gasteiger partial charge in [0.25, 0.3) is 5.91 Å². The number of aryl methyl sites for hydroxylation is 2. The molecule has 1 aliphatic rings. The lowest BCUT2D eigenvalue weighted by Gasteiger charge is -2.17. The summed E-state index contributed by atoms with van der Waals surface area (Å²) in [4.78, 5) is 22.6. The molecule has 6 nitrogen and oxygen atoms in total. The summed E-state index contributed by atoms with van der Waals surface area (Å²) in [5, 5.41) is 0.894. The van der Waals surface area contributed by atoms with Crippen molar-refractivity contribution in [2.24, 2.45) is 0 Å². The van der Waals surface area contributed by atoms with E-state index in [1.165, 1.54) is 0 Å². The van der Waals surface area contributed by atoms with Gasteiger partial charge in [0.15, 0.2) is 6.61 Å². The molecule has 1 atom stereocenters. The molecule has 1 aliphatic heterocycles. The fourth-order valence-corrected chi connectivity index (χ4v) is 3.25. The van der Waals surface area contributed by atoms with Crippen LogP contribution in [0.25, 0.3) is 0 Å². The molecule has 0 radical (unpaired) electrons. The summed E-state index contributed by atoms with van der Waals surface area (Å²) in [5.74, 6) is 1.53. The molecule has 0 saturated carbocycles. The van der Waals surface area contributed by atoms with Crippen molar-refractivity contribution in [2.75, 3.05) is 19.7 Å². The Bertz CT molecular complexity index is 796. The normalized spacial score (nSPS) is 16.6. The van der Waals surface area contributed by atoms with Crippen LogP contribution in [-0.4, -0.2) is 46.6 Å². The minimum atomic E-state index is -0.114. The molecule has 0 aliphatic carbocycles. The Morgan fingerprint density at radius 2 is 2.08 bits per heavy atom. The molecule has 8 heteroatoms. The standard InChI is InChI=1S/C18H19Cl2N3O3/c1-11-7-17(22-12(2)21-11)26-14-5-6-23(9-14)18(24)10-25-16-4-3-13(19)8-15(16)20/h3-4,7-8,14H,5-6,9-10H2,1-2H3. The molecule has 1 unspecified atom stereocenters. The van der Waals surface area contributed by atoms with E-state index in [0.29, 0.717) is 40.6 Å². The van der Waals surface area contributed by atoms with Crippen LogP contribution in [0.2, 0.25) is 10.0 Å². The van der Waals surface area contributed by atoms with Crippen molar-refractivity contribution in [3.8, 4) is 11.6 Å². The highest BCUT2D eigenvalue weighted by atomic mass is 35.5. The fraction of sp³-hybridized carbons (Fsp3) is 0.389. The van der Waals surface area contributed by atoms with Gasteiger partial charge >= 0.3 is 0 Å². The van der Waals surface area contributed by atoms with Crippen LogP contribution < -0.4 is 9.47 Å². The molecule has 26 heavy (non-hydrogen) atoms. The van der Waals surface area contributed by atoms with E-state index >= 15 is 0 Å². The smallest absolute Gasteiger partial charge is 0.260 e. The van der Waals surface area contributed by atoms with Gasteiger partial charge < -0.3 is 14.4 Å². The second kappa shape index (κ2) is 8.10. The molecule has 0 N–H and O–H groups in total. The van der Waals surface area contributed by atoms with Gasteiger partial charge in [0.1, 0.15) is 17.7 Å². The maximum Gasteiger partial charge on any atom is 0.260 e. The van der Waals surface area contributed by atoms with Crippen molar-refractivity contribution < 1.29 is 14.3 Å². The zero-order valence-electron chi connectivity index (χ0n) is 14.5. The Morgan fingerprint density at radius 1 is 1.27 bits per heavy atom. The van der Waals surface area contributed by atoms with E-state index in [2.05, 4.69) is 9.97 Å². The Hall–Kier alpha value is -2.05. The van der Waals surface area contributed by atoms with Crippen LogP contribution >= 0.6 is 23.2 Å². The monoisotopic (exact) mass is 395 g/mol. The Balaban J connectivity index is 1.52. The van der Waals surface area contributed by atoms with Crippen LogP contribution in [0.5, 0.6) is 11.6 Å². The molecule has 1 fully saturated rings. The number of benzene rings is 1. The Morgan fingerprint density at radius 3 is 2.81 bits per heavy atom. The molecule has 0 spiro atoms. The van der Waals surface area contributed by atoms with Crippen molar-refractivity contribution in [1.82, 2.24) is 14.9 Å². The second-order valence-corrected chi connectivity index (χ2v) is 6.97. The highest BCUT2D eigenvalue weighted by Crippen LogP contribution is 2.27. The van der Waals surface area contributed by atoms with Crippen LogP contribution in [-0.2, 0) is 4.79 Å². The number of ether oxygens (including phenoxy) is 2. The van der Waals surface area contributed by atoms with Gasteiger partial charge in [-0.2, -0.15) is 4.98 Å². The SMILES string of the molecule is Cc1cc(OC2CCN(C(=O)COc3ccc(Cl)cc3Cl)C2)nc(C)n1. The molecular formula is C18H19Cl2N3O3. The third-order valence-electron chi connectivity index (χ3n) is 3.97. The summed E-state index contributed by atoms with van der Waals surface area (Å²) in [6.45, 7) is 4.75. The summed E-state index contributed by atoms with van der Waals surface area (Å²) >= 11 is 11.9. The maximum absolute atomic E-state index is 12.4. The molecule has 2 heterocycles. The predicted octanol–water partition coefficient (Wildman–Crippen LogP) is 3.46. The molecule has 138 valence electrons. The average molecular weight is 396 g/mol. The third-order valence-corrected chi connectivity index (χ3v) is 4.50. The zero-order chi connectivity index (χ0) is 18.7. The van der Waals surface area contributed by atoms with Gasteiger partial charge in [-0.3, -0.25) is 4.79 Å². The van der Waals surface area contributed by atoms with Crippen LogP contribution in [0, 0.1) is 13.8 Å². The minimum absolute atomic E-state index is 0.0835. The molecule has 3 rings (SSSR count). The lowest BCUT2D eigenvalue weighted by Crippen LogP contribution is -2.34. The highest BCUT2D eigenvalue weighted by molar-refractivity contribution is 6.35. The first-order valence-electron chi connectivity index (χ1n) is 8.25. The van der Waals surface area contributed by atoms with Gasteiger partial charge in [-0.25, -0.2) is 4.98 Å². The number of likely N-dealkylation sites (tertiary alicyclic amines) is 1. The van der Waals surface area contributed by atoms with E-state index in [0.717, 1.165) is 12.1 Å². The van der Waals surface area contributed by atoms with Gasteiger partial charge in [0.2, 0.25) is 5.88 Å².